The summed E-state index contributed by atoms with van der Waals surface area (Å²) in [6.07, 6.45) is 4.86. The molecular weight excluding hydrogens is 198 g/mol. The van der Waals surface area contributed by atoms with E-state index in [1.54, 1.807) is 6.08 Å². The monoisotopic (exact) mass is 221 g/mol. The van der Waals surface area contributed by atoms with Gasteiger partial charge in [-0.25, -0.2) is 4.99 Å². The fourth-order valence-corrected chi connectivity index (χ4v) is 1.94. The zero-order valence-corrected chi connectivity index (χ0v) is 10.6. The lowest BCUT2D eigenvalue weighted by molar-refractivity contribution is 0.643. The Balaban J connectivity index is 2.73. The molecule has 0 aromatic carbocycles. The summed E-state index contributed by atoms with van der Waals surface area (Å²) in [7, 11) is 0. The summed E-state index contributed by atoms with van der Waals surface area (Å²) in [5.41, 5.74) is 0.993. The molecule has 1 aliphatic heterocycles. The second-order valence-electron chi connectivity index (χ2n) is 4.37. The normalized spacial score (nSPS) is 26.9. The van der Waals surface area contributed by atoms with Gasteiger partial charge in [0.2, 0.25) is 0 Å². The van der Waals surface area contributed by atoms with Crippen LogP contribution in [0.4, 0.5) is 0 Å². The van der Waals surface area contributed by atoms with E-state index in [0.717, 1.165) is 37.0 Å². The molecule has 0 radical (unpaired) electrons. The molecule has 2 atom stereocenters. The minimum absolute atomic E-state index is 0.378. The fourth-order valence-electron chi connectivity index (χ4n) is 1.94. The van der Waals surface area contributed by atoms with Gasteiger partial charge in [0.05, 0.1) is 6.04 Å². The maximum absolute atomic E-state index is 4.61. The standard InChI is InChI=1S/C13H23N3/c1-5-7-11(4)16-13(14-6-2)12-8-10(3)9-15-12/h5,7,10,12,15H,1,6,8-9H2,2-4H3,(H,14,16)/b11-7-/t10-,12?/m1/s1. The van der Waals surface area contributed by atoms with Crippen molar-refractivity contribution in [3.05, 3.63) is 24.4 Å². The Hall–Kier alpha value is -1.09. The number of amidine groups is 1. The van der Waals surface area contributed by atoms with E-state index in [0.29, 0.717) is 6.04 Å². The van der Waals surface area contributed by atoms with Crippen LogP contribution in [-0.2, 0) is 0 Å². The van der Waals surface area contributed by atoms with Crippen LogP contribution in [0.1, 0.15) is 27.2 Å². The molecule has 0 spiro atoms. The van der Waals surface area contributed by atoms with Crippen molar-refractivity contribution in [3.8, 4) is 0 Å². The summed E-state index contributed by atoms with van der Waals surface area (Å²) in [6.45, 7) is 12.0. The highest BCUT2D eigenvalue weighted by molar-refractivity contribution is 5.88. The molecule has 0 saturated carbocycles. The Kier molecular flexibility index (Phi) is 5.26. The summed E-state index contributed by atoms with van der Waals surface area (Å²) in [4.78, 5) is 4.61. The summed E-state index contributed by atoms with van der Waals surface area (Å²) >= 11 is 0. The van der Waals surface area contributed by atoms with Crippen molar-refractivity contribution in [2.45, 2.75) is 33.2 Å². The molecule has 1 unspecified atom stereocenters. The lowest BCUT2D eigenvalue weighted by Crippen LogP contribution is -2.40. The average molecular weight is 221 g/mol. The number of nitrogens with zero attached hydrogens (tertiary/aromatic N) is 1. The number of hydrogen-bond acceptors (Lipinski definition) is 2. The maximum Gasteiger partial charge on any atom is 0.119 e. The predicted molar refractivity (Wildman–Crippen MR) is 70.6 cm³/mol. The van der Waals surface area contributed by atoms with Crippen LogP contribution in [-0.4, -0.2) is 25.0 Å². The summed E-state index contributed by atoms with van der Waals surface area (Å²) < 4.78 is 0. The van der Waals surface area contributed by atoms with Crippen LogP contribution in [0.5, 0.6) is 0 Å². The summed E-state index contributed by atoms with van der Waals surface area (Å²) in [5, 5.41) is 6.84. The largest absolute Gasteiger partial charge is 0.372 e. The molecule has 1 aliphatic rings. The highest BCUT2D eigenvalue weighted by Gasteiger charge is 2.24. The second-order valence-corrected chi connectivity index (χ2v) is 4.37. The van der Waals surface area contributed by atoms with Gasteiger partial charge in [-0.1, -0.05) is 19.6 Å². The van der Waals surface area contributed by atoms with Crippen LogP contribution in [0.2, 0.25) is 0 Å². The van der Waals surface area contributed by atoms with Gasteiger partial charge >= 0.3 is 0 Å². The number of nitrogens with one attached hydrogen (secondary N) is 2. The van der Waals surface area contributed by atoms with Gasteiger partial charge in [-0.2, -0.15) is 0 Å². The van der Waals surface area contributed by atoms with Crippen molar-refractivity contribution in [1.29, 1.82) is 0 Å². The lowest BCUT2D eigenvalue weighted by atomic mass is 10.1. The van der Waals surface area contributed by atoms with E-state index in [-0.39, 0.29) is 0 Å². The first-order valence-electron chi connectivity index (χ1n) is 6.02. The maximum atomic E-state index is 4.61. The van der Waals surface area contributed by atoms with Gasteiger partial charge in [0, 0.05) is 12.2 Å². The van der Waals surface area contributed by atoms with Gasteiger partial charge in [0.25, 0.3) is 0 Å². The summed E-state index contributed by atoms with van der Waals surface area (Å²) in [5.74, 6) is 1.79. The zero-order chi connectivity index (χ0) is 12.0. The van der Waals surface area contributed by atoms with Crippen molar-refractivity contribution in [2.24, 2.45) is 10.9 Å². The molecule has 1 rings (SSSR count). The van der Waals surface area contributed by atoms with Crippen molar-refractivity contribution in [3.63, 3.8) is 0 Å². The van der Waals surface area contributed by atoms with Crippen molar-refractivity contribution in [1.82, 2.24) is 10.6 Å². The molecule has 0 aromatic rings. The van der Waals surface area contributed by atoms with E-state index in [1.807, 2.05) is 13.0 Å². The minimum Gasteiger partial charge on any atom is -0.372 e. The fraction of sp³-hybridized carbons (Fsp3) is 0.615. The predicted octanol–water partition coefficient (Wildman–Crippen LogP) is 2.08. The molecule has 0 amide bonds. The first-order chi connectivity index (χ1) is 7.67. The van der Waals surface area contributed by atoms with Crippen molar-refractivity contribution in [2.75, 3.05) is 13.1 Å². The number of likely N-dealkylation sites (N-methyl/N-ethyl adjacent to an activating group) is 1. The minimum atomic E-state index is 0.378. The van der Waals surface area contributed by atoms with E-state index in [9.17, 15) is 0 Å². The molecular formula is C13H23N3. The third-order valence-electron chi connectivity index (χ3n) is 2.69. The van der Waals surface area contributed by atoms with Crippen molar-refractivity contribution >= 4 is 5.84 Å². The molecule has 1 heterocycles. The third kappa shape index (κ3) is 3.81. The van der Waals surface area contributed by atoms with Crippen LogP contribution in [0.3, 0.4) is 0 Å². The third-order valence-corrected chi connectivity index (χ3v) is 2.69. The molecule has 3 nitrogen and oxygen atoms in total. The Morgan fingerprint density at radius 2 is 2.38 bits per heavy atom. The number of aliphatic imine (C=N–C) groups is 1. The topological polar surface area (TPSA) is 36.4 Å². The SMILES string of the molecule is C=C/C=C(C)\N=C(/NCC)C1C[C@@H](C)CN1. The quantitative estimate of drug-likeness (QED) is 0.433. The van der Waals surface area contributed by atoms with Crippen LogP contribution in [0.25, 0.3) is 0 Å². The Morgan fingerprint density at radius 3 is 2.88 bits per heavy atom. The van der Waals surface area contributed by atoms with Gasteiger partial charge in [-0.05, 0) is 38.8 Å². The van der Waals surface area contributed by atoms with E-state index in [1.165, 1.54) is 0 Å². The summed E-state index contributed by atoms with van der Waals surface area (Å²) in [6, 6.07) is 0.378. The smallest absolute Gasteiger partial charge is 0.119 e. The molecule has 3 heteroatoms. The number of rotatable bonds is 4. The molecule has 1 fully saturated rings. The molecule has 0 bridgehead atoms. The van der Waals surface area contributed by atoms with Crippen LogP contribution in [0, 0.1) is 5.92 Å². The average Bonchev–Trinajstić information content (AvgIpc) is 2.64. The van der Waals surface area contributed by atoms with Gasteiger partial charge in [0.15, 0.2) is 0 Å². The number of allylic oxidation sites excluding steroid dienone is 3. The van der Waals surface area contributed by atoms with Gasteiger partial charge in [-0.15, -0.1) is 0 Å². The zero-order valence-electron chi connectivity index (χ0n) is 10.6. The highest BCUT2D eigenvalue weighted by Crippen LogP contribution is 2.14. The van der Waals surface area contributed by atoms with Crippen molar-refractivity contribution < 1.29 is 0 Å². The van der Waals surface area contributed by atoms with E-state index >= 15 is 0 Å². The van der Waals surface area contributed by atoms with Crippen LogP contribution in [0.15, 0.2) is 29.4 Å². The van der Waals surface area contributed by atoms with E-state index in [4.69, 9.17) is 0 Å². The first kappa shape index (κ1) is 13.0. The molecule has 1 saturated heterocycles. The Morgan fingerprint density at radius 1 is 1.62 bits per heavy atom. The lowest BCUT2D eigenvalue weighted by Gasteiger charge is -2.15. The highest BCUT2D eigenvalue weighted by atomic mass is 15.1. The molecule has 16 heavy (non-hydrogen) atoms. The Bertz CT molecular complexity index is 292. The van der Waals surface area contributed by atoms with E-state index in [2.05, 4.69) is 36.1 Å². The molecule has 0 aliphatic carbocycles. The molecule has 0 aromatic heterocycles. The molecule has 90 valence electrons. The Labute approximate surface area is 98.7 Å². The first-order valence-corrected chi connectivity index (χ1v) is 6.02. The van der Waals surface area contributed by atoms with Crippen LogP contribution >= 0.6 is 0 Å². The van der Waals surface area contributed by atoms with Gasteiger partial charge in [-0.3, -0.25) is 0 Å². The van der Waals surface area contributed by atoms with E-state index < -0.39 is 0 Å². The molecule has 2 N–H and O–H groups in total. The number of hydrogen-bond donors (Lipinski definition) is 2. The van der Waals surface area contributed by atoms with Gasteiger partial charge in [0.1, 0.15) is 5.84 Å². The van der Waals surface area contributed by atoms with Gasteiger partial charge < -0.3 is 10.6 Å². The second kappa shape index (κ2) is 6.48. The van der Waals surface area contributed by atoms with Crippen LogP contribution < -0.4 is 10.6 Å².